The Labute approximate surface area is 146 Å². The van der Waals surface area contributed by atoms with E-state index in [-0.39, 0.29) is 78.4 Å². The molecule has 0 aromatic carbocycles. The van der Waals surface area contributed by atoms with Crippen LogP contribution in [0.5, 0.6) is 0 Å². The summed E-state index contributed by atoms with van der Waals surface area (Å²) in [6.07, 6.45) is -0.126. The Bertz CT molecular complexity index is 431. The Balaban J connectivity index is 0. The SMILES string of the molecule is CC1CC(S(=O)(=O)[O-])CCC1S(=O)(=O)[O-].[Na+].[Na+]. The first-order valence-corrected chi connectivity index (χ1v) is 7.46. The van der Waals surface area contributed by atoms with E-state index in [2.05, 4.69) is 0 Å². The number of hydrogen-bond donors (Lipinski definition) is 0. The predicted molar refractivity (Wildman–Crippen MR) is 50.0 cm³/mol. The fourth-order valence-electron chi connectivity index (χ4n) is 2.01. The van der Waals surface area contributed by atoms with Crippen molar-refractivity contribution in [3.8, 4) is 0 Å². The third-order valence-corrected chi connectivity index (χ3v) is 5.51. The molecule has 0 bridgehead atoms. The van der Waals surface area contributed by atoms with Crippen molar-refractivity contribution in [2.24, 2.45) is 5.92 Å². The van der Waals surface area contributed by atoms with Crippen LogP contribution in [-0.4, -0.2) is 36.4 Å². The molecule has 1 fully saturated rings. The summed E-state index contributed by atoms with van der Waals surface area (Å²) >= 11 is 0. The van der Waals surface area contributed by atoms with E-state index < -0.39 is 36.7 Å². The quantitative estimate of drug-likeness (QED) is 0.370. The maximum atomic E-state index is 10.8. The van der Waals surface area contributed by atoms with Crippen molar-refractivity contribution >= 4 is 20.2 Å². The summed E-state index contributed by atoms with van der Waals surface area (Å²) in [7, 11) is -8.77. The molecule has 0 amide bonds. The van der Waals surface area contributed by atoms with Gasteiger partial charge in [0.25, 0.3) is 0 Å². The van der Waals surface area contributed by atoms with Gasteiger partial charge < -0.3 is 9.11 Å². The molecule has 3 atom stereocenters. The predicted octanol–water partition coefficient (Wildman–Crippen LogP) is -6.36. The first-order chi connectivity index (χ1) is 6.62. The molecule has 6 nitrogen and oxygen atoms in total. The zero-order valence-corrected chi connectivity index (χ0v) is 15.8. The van der Waals surface area contributed by atoms with Gasteiger partial charge in [-0.05, 0) is 25.2 Å². The molecule has 1 aliphatic carbocycles. The van der Waals surface area contributed by atoms with E-state index in [1.54, 1.807) is 0 Å². The van der Waals surface area contributed by atoms with E-state index in [1.165, 1.54) is 6.92 Å². The fourth-order valence-corrected chi connectivity index (χ4v) is 4.08. The molecule has 0 heterocycles. The second-order valence-corrected chi connectivity index (χ2v) is 7.18. The molecule has 0 aromatic rings. The molecule has 90 valence electrons. The second-order valence-electron chi connectivity index (χ2n) is 3.94. The van der Waals surface area contributed by atoms with Crippen LogP contribution in [0.1, 0.15) is 26.2 Å². The fraction of sp³-hybridized carbons (Fsp3) is 1.00. The zero-order chi connectivity index (χ0) is 11.9. The van der Waals surface area contributed by atoms with Gasteiger partial charge in [-0.2, -0.15) is 0 Å². The first kappa shape index (κ1) is 21.1. The molecule has 0 saturated heterocycles. The van der Waals surface area contributed by atoms with E-state index in [4.69, 9.17) is 0 Å². The summed E-state index contributed by atoms with van der Waals surface area (Å²) in [5, 5.41) is -2.11. The normalized spacial score (nSPS) is 29.9. The molecule has 17 heavy (non-hydrogen) atoms. The molecule has 0 aliphatic heterocycles. The van der Waals surface area contributed by atoms with Gasteiger partial charge in [0.05, 0.1) is 25.5 Å². The molecule has 10 heteroatoms. The Morgan fingerprint density at radius 2 is 1.41 bits per heavy atom. The third-order valence-electron chi connectivity index (χ3n) is 2.82. The molecule has 1 rings (SSSR count). The van der Waals surface area contributed by atoms with Crippen LogP contribution < -0.4 is 59.1 Å². The summed E-state index contributed by atoms with van der Waals surface area (Å²) < 4.78 is 64.4. The van der Waals surface area contributed by atoms with E-state index in [0.29, 0.717) is 0 Å². The second kappa shape index (κ2) is 7.56. The summed E-state index contributed by atoms with van der Waals surface area (Å²) in [6.45, 7) is 1.48. The van der Waals surface area contributed by atoms with Crippen molar-refractivity contribution in [3.05, 3.63) is 0 Å². The van der Waals surface area contributed by atoms with Gasteiger partial charge in [-0.3, -0.25) is 0 Å². The van der Waals surface area contributed by atoms with Gasteiger partial charge in [0, 0.05) is 5.25 Å². The maximum absolute atomic E-state index is 10.8. The molecule has 0 spiro atoms. The maximum Gasteiger partial charge on any atom is 1.00 e. The minimum absolute atomic E-state index is 0. The van der Waals surface area contributed by atoms with Gasteiger partial charge in [0.1, 0.15) is 0 Å². The minimum Gasteiger partial charge on any atom is -0.748 e. The Hall–Kier alpha value is 1.82. The summed E-state index contributed by atoms with van der Waals surface area (Å²) in [6, 6.07) is 0. The van der Waals surface area contributed by atoms with Crippen LogP contribution in [0.3, 0.4) is 0 Å². The first-order valence-electron chi connectivity index (χ1n) is 4.52. The smallest absolute Gasteiger partial charge is 0.748 e. The molecule has 0 radical (unpaired) electrons. The Morgan fingerprint density at radius 1 is 0.941 bits per heavy atom. The van der Waals surface area contributed by atoms with E-state index >= 15 is 0 Å². The van der Waals surface area contributed by atoms with Crippen molar-refractivity contribution in [1.29, 1.82) is 0 Å². The van der Waals surface area contributed by atoms with E-state index in [9.17, 15) is 25.9 Å². The van der Waals surface area contributed by atoms with Crippen LogP contribution in [-0.2, 0) is 20.2 Å². The average molecular weight is 302 g/mol. The Morgan fingerprint density at radius 3 is 1.71 bits per heavy atom. The molecule has 0 aromatic heterocycles. The van der Waals surface area contributed by atoms with Crippen molar-refractivity contribution in [2.75, 3.05) is 0 Å². The van der Waals surface area contributed by atoms with Crippen molar-refractivity contribution in [2.45, 2.75) is 36.7 Å². The van der Waals surface area contributed by atoms with Crippen LogP contribution in [0.25, 0.3) is 0 Å². The van der Waals surface area contributed by atoms with Crippen molar-refractivity contribution in [1.82, 2.24) is 0 Å². The summed E-state index contributed by atoms with van der Waals surface area (Å²) in [5.74, 6) is -0.574. The van der Waals surface area contributed by atoms with Crippen LogP contribution in [0.2, 0.25) is 0 Å². The van der Waals surface area contributed by atoms with Gasteiger partial charge in [0.15, 0.2) is 0 Å². The molecular weight excluding hydrogens is 290 g/mol. The van der Waals surface area contributed by atoms with Gasteiger partial charge >= 0.3 is 59.1 Å². The van der Waals surface area contributed by atoms with Crippen molar-refractivity contribution in [3.63, 3.8) is 0 Å². The van der Waals surface area contributed by atoms with Crippen LogP contribution in [0, 0.1) is 5.92 Å². The molecule has 0 N–H and O–H groups in total. The topological polar surface area (TPSA) is 114 Å². The monoisotopic (exact) mass is 302 g/mol. The van der Waals surface area contributed by atoms with E-state index in [0.717, 1.165) is 0 Å². The summed E-state index contributed by atoms with van der Waals surface area (Å²) in [4.78, 5) is 0. The van der Waals surface area contributed by atoms with Crippen LogP contribution in [0.4, 0.5) is 0 Å². The number of hydrogen-bond acceptors (Lipinski definition) is 6. The standard InChI is InChI=1S/C7H14O6S2.2Na/c1-5-4-6(14(8,9)10)2-3-7(5)15(11,12)13;;/h5-7H,2-4H2,1H3,(H,8,9,10)(H,11,12,13);;/q;2*+1/p-2. The third kappa shape index (κ3) is 6.20. The zero-order valence-electron chi connectivity index (χ0n) is 10.1. The summed E-state index contributed by atoms with van der Waals surface area (Å²) in [5.41, 5.74) is 0. The van der Waals surface area contributed by atoms with Crippen molar-refractivity contribution < 1.29 is 85.1 Å². The van der Waals surface area contributed by atoms with Gasteiger partial charge in [-0.25, -0.2) is 16.8 Å². The van der Waals surface area contributed by atoms with E-state index in [1.807, 2.05) is 0 Å². The average Bonchev–Trinajstić information content (AvgIpc) is 1.99. The van der Waals surface area contributed by atoms with Gasteiger partial charge in [-0.1, -0.05) is 6.92 Å². The van der Waals surface area contributed by atoms with Gasteiger partial charge in [-0.15, -0.1) is 0 Å². The van der Waals surface area contributed by atoms with Gasteiger partial charge in [0.2, 0.25) is 0 Å². The van der Waals surface area contributed by atoms with Crippen LogP contribution >= 0.6 is 0 Å². The Kier molecular flexibility index (Phi) is 9.40. The largest absolute Gasteiger partial charge is 1.00 e. The molecule has 3 unspecified atom stereocenters. The molecule has 1 aliphatic rings. The number of rotatable bonds is 2. The minimum atomic E-state index is -4.39. The molecular formula is C7H12Na2O6S2. The molecule has 1 saturated carbocycles. The van der Waals surface area contributed by atoms with Crippen LogP contribution in [0.15, 0.2) is 0 Å².